The summed E-state index contributed by atoms with van der Waals surface area (Å²) in [7, 11) is 0. The molecule has 1 aromatic heterocycles. The molecule has 55 valence electrons. The first-order chi connectivity index (χ1) is 4.84. The largest absolute Gasteiger partial charge is 0.396 e. The van der Waals surface area contributed by atoms with E-state index >= 15 is 0 Å². The lowest BCUT2D eigenvalue weighted by molar-refractivity contribution is 0.274. The zero-order valence-electron chi connectivity index (χ0n) is 5.27. The molecule has 5 nitrogen and oxygen atoms in total. The third-order valence-electron chi connectivity index (χ3n) is 1.03. The van der Waals surface area contributed by atoms with Crippen molar-refractivity contribution in [3.05, 3.63) is 0 Å². The Morgan fingerprint density at radius 3 is 2.90 bits per heavy atom. The number of rotatable bonds is 3. The highest BCUT2D eigenvalue weighted by molar-refractivity contribution is 7.80. The standard InChI is InChI=1S/C4H7N4OS/c9-3-1-2-8-4(10)5-6-7-8/h9H,1-3H2. The van der Waals surface area contributed by atoms with E-state index in [1.807, 2.05) is 0 Å². The van der Waals surface area contributed by atoms with Crippen molar-refractivity contribution in [2.45, 2.75) is 18.1 Å². The van der Waals surface area contributed by atoms with Crippen molar-refractivity contribution in [2.24, 2.45) is 0 Å². The number of aliphatic hydroxyl groups excluding tert-OH is 1. The second-order valence-corrected chi connectivity index (χ2v) is 2.13. The Hall–Kier alpha value is -0.750. The lowest BCUT2D eigenvalue weighted by Crippen LogP contribution is -2.02. The average Bonchev–Trinajstić information content (AvgIpc) is 2.31. The fourth-order valence-electron chi connectivity index (χ4n) is 0.557. The van der Waals surface area contributed by atoms with Gasteiger partial charge in [0.25, 0.3) is 0 Å². The molecule has 1 heterocycles. The van der Waals surface area contributed by atoms with E-state index in [0.29, 0.717) is 18.1 Å². The number of aliphatic hydroxyl groups is 1. The predicted molar refractivity (Wildman–Crippen MR) is 35.4 cm³/mol. The van der Waals surface area contributed by atoms with Crippen molar-refractivity contribution in [2.75, 3.05) is 6.61 Å². The molecule has 0 aliphatic rings. The topological polar surface area (TPSA) is 63.8 Å². The van der Waals surface area contributed by atoms with Crippen LogP contribution in [0.3, 0.4) is 0 Å². The molecular formula is C4H7N4OS. The van der Waals surface area contributed by atoms with Gasteiger partial charge in [0, 0.05) is 13.2 Å². The Bertz CT molecular complexity index is 201. The van der Waals surface area contributed by atoms with Gasteiger partial charge in [-0.05, 0) is 29.5 Å². The molecule has 0 atom stereocenters. The van der Waals surface area contributed by atoms with Crippen LogP contribution >= 0.6 is 12.6 Å². The van der Waals surface area contributed by atoms with Gasteiger partial charge >= 0.3 is 0 Å². The Kier molecular flexibility index (Phi) is 2.52. The van der Waals surface area contributed by atoms with Crippen LogP contribution in [-0.4, -0.2) is 31.9 Å². The lowest BCUT2D eigenvalue weighted by atomic mass is 10.5. The predicted octanol–water partition coefficient (Wildman–Crippen LogP) is -0.388. The summed E-state index contributed by atoms with van der Waals surface area (Å²) in [5, 5.41) is 19.3. The molecule has 1 N–H and O–H groups in total. The highest BCUT2D eigenvalue weighted by atomic mass is 32.1. The SMILES string of the molecule is OCCCn1nnnc1[S]. The number of hydrogen-bond donors (Lipinski definition) is 1. The van der Waals surface area contributed by atoms with Gasteiger partial charge in [-0.2, -0.15) is 0 Å². The molecule has 0 unspecified atom stereocenters. The lowest BCUT2D eigenvalue weighted by Gasteiger charge is -1.95. The first-order valence-corrected chi connectivity index (χ1v) is 3.29. The summed E-state index contributed by atoms with van der Waals surface area (Å²) in [6.07, 6.45) is 0.634. The van der Waals surface area contributed by atoms with Gasteiger partial charge in [-0.3, -0.25) is 0 Å². The Labute approximate surface area is 63.5 Å². The van der Waals surface area contributed by atoms with E-state index in [1.165, 1.54) is 4.68 Å². The quantitative estimate of drug-likeness (QED) is 0.652. The van der Waals surface area contributed by atoms with Gasteiger partial charge < -0.3 is 5.11 Å². The highest BCUT2D eigenvalue weighted by Gasteiger charge is 1.99. The Morgan fingerprint density at radius 2 is 2.40 bits per heavy atom. The summed E-state index contributed by atoms with van der Waals surface area (Å²) < 4.78 is 1.48. The third kappa shape index (κ3) is 1.61. The van der Waals surface area contributed by atoms with Gasteiger partial charge in [-0.25, -0.2) is 4.68 Å². The normalized spacial score (nSPS) is 10.1. The molecule has 1 radical (unpaired) electrons. The molecule has 0 amide bonds. The second kappa shape index (κ2) is 3.43. The highest BCUT2D eigenvalue weighted by Crippen LogP contribution is 1.97. The molecule has 0 spiro atoms. The molecule has 0 fully saturated rings. The van der Waals surface area contributed by atoms with E-state index in [2.05, 4.69) is 15.5 Å². The van der Waals surface area contributed by atoms with Crippen molar-refractivity contribution >= 4 is 12.6 Å². The maximum Gasteiger partial charge on any atom is 0.240 e. The Morgan fingerprint density at radius 1 is 1.60 bits per heavy atom. The molecule has 0 bridgehead atoms. The van der Waals surface area contributed by atoms with Crippen molar-refractivity contribution in [3.63, 3.8) is 0 Å². The molecule has 0 aliphatic carbocycles. The molecule has 0 aromatic carbocycles. The number of tetrazole rings is 1. The summed E-state index contributed by atoms with van der Waals surface area (Å²) in [6, 6.07) is 0. The van der Waals surface area contributed by atoms with E-state index in [4.69, 9.17) is 17.7 Å². The molecule has 6 heteroatoms. The molecule has 1 aromatic rings. The van der Waals surface area contributed by atoms with E-state index in [0.717, 1.165) is 0 Å². The van der Waals surface area contributed by atoms with Gasteiger partial charge in [0.15, 0.2) is 0 Å². The van der Waals surface area contributed by atoms with Crippen LogP contribution in [0.4, 0.5) is 0 Å². The smallest absolute Gasteiger partial charge is 0.240 e. The zero-order chi connectivity index (χ0) is 7.40. The van der Waals surface area contributed by atoms with Gasteiger partial charge in [-0.15, -0.1) is 0 Å². The number of aryl methyl sites for hydroxylation is 1. The maximum atomic E-state index is 8.44. The summed E-state index contributed by atoms with van der Waals surface area (Å²) in [4.78, 5) is 0. The molecule has 0 saturated carbocycles. The summed E-state index contributed by atoms with van der Waals surface area (Å²) in [5.74, 6) is 0. The van der Waals surface area contributed by atoms with Gasteiger partial charge in [-0.1, -0.05) is 5.10 Å². The summed E-state index contributed by atoms with van der Waals surface area (Å²) >= 11 is 4.74. The van der Waals surface area contributed by atoms with Crippen LogP contribution in [0, 0.1) is 0 Å². The third-order valence-corrected chi connectivity index (χ3v) is 1.32. The van der Waals surface area contributed by atoms with Crippen molar-refractivity contribution in [1.29, 1.82) is 0 Å². The van der Waals surface area contributed by atoms with Crippen LogP contribution in [0.2, 0.25) is 0 Å². The van der Waals surface area contributed by atoms with Crippen molar-refractivity contribution in [3.8, 4) is 0 Å². The minimum absolute atomic E-state index is 0.134. The van der Waals surface area contributed by atoms with Gasteiger partial charge in [0.2, 0.25) is 5.16 Å². The zero-order valence-corrected chi connectivity index (χ0v) is 6.08. The van der Waals surface area contributed by atoms with Crippen LogP contribution < -0.4 is 0 Å². The minimum Gasteiger partial charge on any atom is -0.396 e. The van der Waals surface area contributed by atoms with Crippen LogP contribution in [0.25, 0.3) is 0 Å². The maximum absolute atomic E-state index is 8.44. The number of hydrogen-bond acceptors (Lipinski definition) is 4. The average molecular weight is 159 g/mol. The van der Waals surface area contributed by atoms with Crippen LogP contribution in [0.15, 0.2) is 5.16 Å². The summed E-state index contributed by atoms with van der Waals surface area (Å²) in [6.45, 7) is 0.719. The fourth-order valence-corrected chi connectivity index (χ4v) is 0.722. The van der Waals surface area contributed by atoms with E-state index < -0.39 is 0 Å². The first-order valence-electron chi connectivity index (χ1n) is 2.88. The van der Waals surface area contributed by atoms with E-state index in [-0.39, 0.29) is 6.61 Å². The fraction of sp³-hybridized carbons (Fsp3) is 0.750. The van der Waals surface area contributed by atoms with E-state index in [9.17, 15) is 0 Å². The van der Waals surface area contributed by atoms with Gasteiger partial charge in [0.1, 0.15) is 0 Å². The van der Waals surface area contributed by atoms with Gasteiger partial charge in [0.05, 0.1) is 0 Å². The number of aromatic nitrogens is 4. The Balaban J connectivity index is 2.49. The molecule has 0 aliphatic heterocycles. The number of nitrogens with zero attached hydrogens (tertiary/aromatic N) is 4. The molecular weight excluding hydrogens is 152 g/mol. The second-order valence-electron chi connectivity index (χ2n) is 1.76. The van der Waals surface area contributed by atoms with Crippen LogP contribution in [0.5, 0.6) is 0 Å². The minimum atomic E-state index is 0.134. The van der Waals surface area contributed by atoms with Crippen molar-refractivity contribution in [1.82, 2.24) is 20.2 Å². The molecule has 10 heavy (non-hydrogen) atoms. The first kappa shape index (κ1) is 7.36. The van der Waals surface area contributed by atoms with Crippen LogP contribution in [0.1, 0.15) is 6.42 Å². The monoisotopic (exact) mass is 159 g/mol. The summed E-state index contributed by atoms with van der Waals surface area (Å²) in [5.41, 5.74) is 0. The van der Waals surface area contributed by atoms with Crippen LogP contribution in [-0.2, 0) is 6.54 Å². The van der Waals surface area contributed by atoms with Crippen molar-refractivity contribution < 1.29 is 5.11 Å². The molecule has 1 rings (SSSR count). The van der Waals surface area contributed by atoms with E-state index in [1.54, 1.807) is 0 Å². The molecule has 0 saturated heterocycles.